The third-order valence-corrected chi connectivity index (χ3v) is 5.01. The maximum atomic E-state index is 5.47. The molecular formula is C19H18BrN3O. The SMILES string of the molecule is COc1cc(Br)c(C2CC2)c(-c2cncc(Cn3ccnc3)c2)c1. The zero-order chi connectivity index (χ0) is 16.5. The zero-order valence-corrected chi connectivity index (χ0v) is 15.0. The van der Waals surface area contributed by atoms with Crippen LogP contribution >= 0.6 is 15.9 Å². The van der Waals surface area contributed by atoms with E-state index in [4.69, 9.17) is 4.74 Å². The monoisotopic (exact) mass is 383 g/mol. The minimum Gasteiger partial charge on any atom is -0.497 e. The Morgan fingerprint density at radius 1 is 1.21 bits per heavy atom. The van der Waals surface area contributed by atoms with Crippen LogP contribution in [0.4, 0.5) is 0 Å². The van der Waals surface area contributed by atoms with Gasteiger partial charge in [-0.1, -0.05) is 15.9 Å². The van der Waals surface area contributed by atoms with Crippen molar-refractivity contribution in [1.82, 2.24) is 14.5 Å². The van der Waals surface area contributed by atoms with Crippen LogP contribution in [-0.2, 0) is 6.54 Å². The highest BCUT2D eigenvalue weighted by Gasteiger charge is 2.29. The van der Waals surface area contributed by atoms with Gasteiger partial charge in [-0.2, -0.15) is 0 Å². The van der Waals surface area contributed by atoms with Gasteiger partial charge in [-0.25, -0.2) is 4.98 Å². The average Bonchev–Trinajstić information content (AvgIpc) is 3.30. The second kappa shape index (κ2) is 6.40. The van der Waals surface area contributed by atoms with Crippen LogP contribution in [0, 0.1) is 0 Å². The first-order valence-corrected chi connectivity index (χ1v) is 8.81. The molecule has 1 aliphatic rings. The average molecular weight is 384 g/mol. The minimum atomic E-state index is 0.637. The van der Waals surface area contributed by atoms with E-state index < -0.39 is 0 Å². The molecule has 5 heteroatoms. The van der Waals surface area contributed by atoms with E-state index in [9.17, 15) is 0 Å². The Labute approximate surface area is 149 Å². The maximum Gasteiger partial charge on any atom is 0.120 e. The Morgan fingerprint density at radius 3 is 2.79 bits per heavy atom. The molecule has 0 radical (unpaired) electrons. The first-order valence-electron chi connectivity index (χ1n) is 8.02. The molecule has 2 aromatic heterocycles. The molecule has 122 valence electrons. The van der Waals surface area contributed by atoms with Gasteiger partial charge in [0.1, 0.15) is 5.75 Å². The lowest BCUT2D eigenvalue weighted by atomic mass is 9.96. The van der Waals surface area contributed by atoms with Gasteiger partial charge in [0, 0.05) is 34.8 Å². The van der Waals surface area contributed by atoms with E-state index in [1.807, 2.05) is 29.5 Å². The summed E-state index contributed by atoms with van der Waals surface area (Å²) in [6.07, 6.45) is 11.9. The molecule has 0 bridgehead atoms. The van der Waals surface area contributed by atoms with Crippen molar-refractivity contribution < 1.29 is 4.74 Å². The highest BCUT2D eigenvalue weighted by molar-refractivity contribution is 9.10. The molecule has 2 heterocycles. The summed E-state index contributed by atoms with van der Waals surface area (Å²) >= 11 is 3.73. The van der Waals surface area contributed by atoms with Gasteiger partial charge < -0.3 is 9.30 Å². The summed E-state index contributed by atoms with van der Waals surface area (Å²) in [6, 6.07) is 6.39. The number of hydrogen-bond donors (Lipinski definition) is 0. The van der Waals surface area contributed by atoms with Crippen LogP contribution in [0.15, 0.2) is 53.8 Å². The predicted octanol–water partition coefficient (Wildman–Crippen LogP) is 4.64. The number of imidazole rings is 1. The maximum absolute atomic E-state index is 5.47. The van der Waals surface area contributed by atoms with Crippen LogP contribution in [0.25, 0.3) is 11.1 Å². The molecular weight excluding hydrogens is 366 g/mol. The van der Waals surface area contributed by atoms with Crippen LogP contribution in [-0.4, -0.2) is 21.6 Å². The summed E-state index contributed by atoms with van der Waals surface area (Å²) in [5.74, 6) is 1.50. The molecule has 1 saturated carbocycles. The number of hydrogen-bond acceptors (Lipinski definition) is 3. The van der Waals surface area contributed by atoms with Gasteiger partial charge in [0.25, 0.3) is 0 Å². The second-order valence-electron chi connectivity index (χ2n) is 6.16. The largest absolute Gasteiger partial charge is 0.497 e. The molecule has 0 atom stereocenters. The fourth-order valence-electron chi connectivity index (χ4n) is 3.05. The summed E-state index contributed by atoms with van der Waals surface area (Å²) in [5.41, 5.74) is 4.88. The molecule has 0 N–H and O–H groups in total. The highest BCUT2D eigenvalue weighted by Crippen LogP contribution is 2.48. The van der Waals surface area contributed by atoms with E-state index in [0.29, 0.717) is 5.92 Å². The normalized spacial score (nSPS) is 13.9. The number of pyridine rings is 1. The molecule has 0 amide bonds. The van der Waals surface area contributed by atoms with Crippen molar-refractivity contribution >= 4 is 15.9 Å². The van der Waals surface area contributed by atoms with Gasteiger partial charge in [0.2, 0.25) is 0 Å². The quantitative estimate of drug-likeness (QED) is 0.643. The number of nitrogens with zero attached hydrogens (tertiary/aromatic N) is 3. The molecule has 0 unspecified atom stereocenters. The lowest BCUT2D eigenvalue weighted by Crippen LogP contribution is -1.98. The Balaban J connectivity index is 1.76. The van der Waals surface area contributed by atoms with Crippen LogP contribution in [0.2, 0.25) is 0 Å². The number of aromatic nitrogens is 3. The standard InChI is InChI=1S/C19H18BrN3O/c1-24-16-7-17(19(14-2-3-14)18(20)8-16)15-6-13(9-22-10-15)11-23-5-4-21-12-23/h4-10,12,14H,2-3,11H2,1H3. The summed E-state index contributed by atoms with van der Waals surface area (Å²) < 4.78 is 8.64. The lowest BCUT2D eigenvalue weighted by molar-refractivity contribution is 0.414. The molecule has 1 fully saturated rings. The first-order chi connectivity index (χ1) is 11.7. The Bertz CT molecular complexity index is 857. The van der Waals surface area contributed by atoms with E-state index in [0.717, 1.165) is 27.9 Å². The van der Waals surface area contributed by atoms with Crippen LogP contribution in [0.3, 0.4) is 0 Å². The molecule has 3 aromatic rings. The molecule has 4 nitrogen and oxygen atoms in total. The highest BCUT2D eigenvalue weighted by atomic mass is 79.9. The van der Waals surface area contributed by atoms with Crippen molar-refractivity contribution in [1.29, 1.82) is 0 Å². The van der Waals surface area contributed by atoms with Gasteiger partial charge in [-0.05, 0) is 53.6 Å². The van der Waals surface area contributed by atoms with E-state index in [1.54, 1.807) is 13.3 Å². The zero-order valence-electron chi connectivity index (χ0n) is 13.4. The van der Waals surface area contributed by atoms with Gasteiger partial charge in [-0.15, -0.1) is 0 Å². The molecule has 0 aliphatic heterocycles. The first kappa shape index (κ1) is 15.4. The van der Waals surface area contributed by atoms with Crippen molar-refractivity contribution in [2.45, 2.75) is 25.3 Å². The molecule has 1 aromatic carbocycles. The Hall–Kier alpha value is -2.14. The van der Waals surface area contributed by atoms with E-state index in [2.05, 4.69) is 44.1 Å². The van der Waals surface area contributed by atoms with Gasteiger partial charge >= 0.3 is 0 Å². The number of rotatable bonds is 5. The fraction of sp³-hybridized carbons (Fsp3) is 0.263. The number of benzene rings is 1. The number of halogens is 1. The minimum absolute atomic E-state index is 0.637. The van der Waals surface area contributed by atoms with Gasteiger partial charge in [0.15, 0.2) is 0 Å². The van der Waals surface area contributed by atoms with Crippen molar-refractivity contribution in [2.24, 2.45) is 0 Å². The summed E-state index contributed by atoms with van der Waals surface area (Å²) in [6.45, 7) is 0.769. The van der Waals surface area contributed by atoms with Crippen molar-refractivity contribution in [2.75, 3.05) is 7.11 Å². The topological polar surface area (TPSA) is 39.9 Å². The summed E-state index contributed by atoms with van der Waals surface area (Å²) in [5, 5.41) is 0. The fourth-order valence-corrected chi connectivity index (χ4v) is 3.81. The van der Waals surface area contributed by atoms with Crippen LogP contribution < -0.4 is 4.74 Å². The Morgan fingerprint density at radius 2 is 2.08 bits per heavy atom. The summed E-state index contributed by atoms with van der Waals surface area (Å²) in [4.78, 5) is 8.56. The van der Waals surface area contributed by atoms with Crippen molar-refractivity contribution in [3.63, 3.8) is 0 Å². The van der Waals surface area contributed by atoms with E-state index in [1.165, 1.54) is 24.0 Å². The smallest absolute Gasteiger partial charge is 0.120 e. The van der Waals surface area contributed by atoms with Crippen molar-refractivity contribution in [3.05, 3.63) is 64.9 Å². The summed E-state index contributed by atoms with van der Waals surface area (Å²) in [7, 11) is 1.70. The molecule has 4 rings (SSSR count). The molecule has 0 saturated heterocycles. The molecule has 24 heavy (non-hydrogen) atoms. The van der Waals surface area contributed by atoms with Gasteiger partial charge in [-0.3, -0.25) is 4.98 Å². The van der Waals surface area contributed by atoms with Crippen LogP contribution in [0.5, 0.6) is 5.75 Å². The number of methoxy groups -OCH3 is 1. The molecule has 1 aliphatic carbocycles. The Kier molecular flexibility index (Phi) is 4.10. The third kappa shape index (κ3) is 3.08. The van der Waals surface area contributed by atoms with Crippen LogP contribution in [0.1, 0.15) is 29.9 Å². The van der Waals surface area contributed by atoms with E-state index in [-0.39, 0.29) is 0 Å². The van der Waals surface area contributed by atoms with E-state index >= 15 is 0 Å². The molecule has 0 spiro atoms. The second-order valence-corrected chi connectivity index (χ2v) is 7.02. The number of ether oxygens (including phenoxy) is 1. The predicted molar refractivity (Wildman–Crippen MR) is 97.2 cm³/mol. The van der Waals surface area contributed by atoms with Gasteiger partial charge in [0.05, 0.1) is 20.0 Å². The van der Waals surface area contributed by atoms with Crippen molar-refractivity contribution in [3.8, 4) is 16.9 Å². The lowest BCUT2D eigenvalue weighted by Gasteiger charge is -2.14. The third-order valence-electron chi connectivity index (χ3n) is 4.35.